The van der Waals surface area contributed by atoms with Crippen molar-refractivity contribution >= 4 is 22.8 Å². The lowest BCUT2D eigenvalue weighted by molar-refractivity contribution is -0.125. The molecule has 1 saturated heterocycles. The Kier molecular flexibility index (Phi) is 5.03. The lowest BCUT2D eigenvalue weighted by Crippen LogP contribution is -2.43. The number of hydrogen-bond donors (Lipinski definition) is 1. The molecule has 0 radical (unpaired) electrons. The van der Waals surface area contributed by atoms with Crippen LogP contribution in [0.25, 0.3) is 11.1 Å². The highest BCUT2D eigenvalue weighted by Crippen LogP contribution is 2.32. The summed E-state index contributed by atoms with van der Waals surface area (Å²) in [6.45, 7) is 8.16. The minimum atomic E-state index is -0.0453. The molecule has 6 nitrogen and oxygen atoms in total. The fourth-order valence-corrected chi connectivity index (χ4v) is 3.92. The molecule has 1 amide bonds. The van der Waals surface area contributed by atoms with Gasteiger partial charge in [0.05, 0.1) is 11.3 Å². The van der Waals surface area contributed by atoms with E-state index in [4.69, 9.17) is 4.42 Å². The van der Waals surface area contributed by atoms with Crippen LogP contribution in [-0.4, -0.2) is 29.0 Å². The molecule has 0 spiro atoms. The number of hydrogen-bond acceptors (Lipinski definition) is 5. The van der Waals surface area contributed by atoms with Gasteiger partial charge in [0.1, 0.15) is 17.9 Å². The highest BCUT2D eigenvalue weighted by Gasteiger charge is 2.28. The van der Waals surface area contributed by atoms with Crippen molar-refractivity contribution in [3.05, 3.63) is 53.0 Å². The maximum atomic E-state index is 12.8. The summed E-state index contributed by atoms with van der Waals surface area (Å²) in [7, 11) is 0. The summed E-state index contributed by atoms with van der Waals surface area (Å²) in [6.07, 6.45) is 3.40. The number of piperidine rings is 1. The number of benzene rings is 1. The molecule has 0 aliphatic carbocycles. The lowest BCUT2D eigenvalue weighted by Gasteiger charge is -2.33. The molecule has 1 aliphatic rings. The van der Waals surface area contributed by atoms with Gasteiger partial charge in [-0.3, -0.25) is 4.79 Å². The van der Waals surface area contributed by atoms with Crippen LogP contribution in [0.5, 0.6) is 0 Å². The van der Waals surface area contributed by atoms with E-state index in [0.717, 1.165) is 47.5 Å². The number of carbonyl (C=O) groups excluding carboxylic acids is 1. The molecule has 2 aromatic heterocycles. The Morgan fingerprint density at radius 2 is 2.07 bits per heavy atom. The summed E-state index contributed by atoms with van der Waals surface area (Å²) in [5.74, 6) is 1.80. The number of furan rings is 1. The number of nitrogens with one attached hydrogen (secondary N) is 1. The average Bonchev–Trinajstić information content (AvgIpc) is 3.01. The second kappa shape index (κ2) is 7.62. The molecule has 1 aromatic carbocycles. The van der Waals surface area contributed by atoms with E-state index >= 15 is 0 Å². The smallest absolute Gasteiger partial charge is 0.231 e. The molecule has 1 aliphatic heterocycles. The molecule has 28 heavy (non-hydrogen) atoms. The molecule has 3 aromatic rings. The van der Waals surface area contributed by atoms with Gasteiger partial charge in [-0.05, 0) is 44.7 Å². The zero-order valence-electron chi connectivity index (χ0n) is 16.7. The first-order valence-electron chi connectivity index (χ1n) is 9.82. The van der Waals surface area contributed by atoms with Gasteiger partial charge in [0, 0.05) is 25.2 Å². The predicted octanol–water partition coefficient (Wildman–Crippen LogP) is 3.68. The second-order valence-electron chi connectivity index (χ2n) is 7.59. The third-order valence-electron chi connectivity index (χ3n) is 5.75. The van der Waals surface area contributed by atoms with E-state index in [2.05, 4.69) is 39.2 Å². The SMILES string of the molecule is Cc1ccccc1CNC(=O)C1CCCN(c2ncnc3oc(C)c(C)c23)C1. The fraction of sp³-hybridized carbons (Fsp3) is 0.409. The Labute approximate surface area is 165 Å². The van der Waals surface area contributed by atoms with Crippen molar-refractivity contribution in [1.82, 2.24) is 15.3 Å². The van der Waals surface area contributed by atoms with Crippen molar-refractivity contribution in [1.29, 1.82) is 0 Å². The third kappa shape index (κ3) is 3.46. The summed E-state index contributed by atoms with van der Waals surface area (Å²) in [6, 6.07) is 8.15. The standard InChI is InChI=1S/C22H26N4O2/c1-14-7-4-5-8-17(14)11-23-21(27)18-9-6-10-26(12-18)20-19-15(2)16(3)28-22(19)25-13-24-20/h4-5,7-8,13,18H,6,9-12H2,1-3H3,(H,23,27). The number of fused-ring (bicyclic) bond motifs is 1. The highest BCUT2D eigenvalue weighted by atomic mass is 16.3. The molecule has 0 saturated carbocycles. The molecule has 3 heterocycles. The molecule has 1 atom stereocenters. The van der Waals surface area contributed by atoms with E-state index in [1.807, 2.05) is 26.0 Å². The van der Waals surface area contributed by atoms with Crippen LogP contribution in [-0.2, 0) is 11.3 Å². The van der Waals surface area contributed by atoms with Gasteiger partial charge in [-0.25, -0.2) is 9.97 Å². The summed E-state index contributed by atoms with van der Waals surface area (Å²) in [5.41, 5.74) is 4.04. The molecule has 146 valence electrons. The quantitative estimate of drug-likeness (QED) is 0.750. The zero-order valence-corrected chi connectivity index (χ0v) is 16.7. The van der Waals surface area contributed by atoms with Crippen LogP contribution >= 0.6 is 0 Å². The van der Waals surface area contributed by atoms with Gasteiger partial charge < -0.3 is 14.6 Å². The monoisotopic (exact) mass is 378 g/mol. The number of rotatable bonds is 4. The first-order valence-corrected chi connectivity index (χ1v) is 9.82. The third-order valence-corrected chi connectivity index (χ3v) is 5.75. The van der Waals surface area contributed by atoms with Gasteiger partial charge in [0.15, 0.2) is 0 Å². The van der Waals surface area contributed by atoms with E-state index in [1.165, 1.54) is 5.56 Å². The Morgan fingerprint density at radius 1 is 1.25 bits per heavy atom. The van der Waals surface area contributed by atoms with Crippen molar-refractivity contribution < 1.29 is 9.21 Å². The van der Waals surface area contributed by atoms with E-state index < -0.39 is 0 Å². The molecule has 4 rings (SSSR count). The first kappa shape index (κ1) is 18.5. The molecular formula is C22H26N4O2. The van der Waals surface area contributed by atoms with E-state index in [-0.39, 0.29) is 11.8 Å². The van der Waals surface area contributed by atoms with E-state index in [1.54, 1.807) is 6.33 Å². The Balaban J connectivity index is 1.49. The van der Waals surface area contributed by atoms with Gasteiger partial charge in [0.2, 0.25) is 11.6 Å². The number of aryl methyl sites for hydroxylation is 3. The van der Waals surface area contributed by atoms with Gasteiger partial charge in [-0.2, -0.15) is 0 Å². The molecule has 1 unspecified atom stereocenters. The summed E-state index contributed by atoms with van der Waals surface area (Å²) in [5, 5.41) is 4.08. The average molecular weight is 378 g/mol. The fourth-order valence-electron chi connectivity index (χ4n) is 3.92. The maximum absolute atomic E-state index is 12.8. The Morgan fingerprint density at radius 3 is 2.89 bits per heavy atom. The number of amides is 1. The van der Waals surface area contributed by atoms with Crippen LogP contribution in [0.3, 0.4) is 0 Å². The Bertz CT molecular complexity index is 1010. The van der Waals surface area contributed by atoms with Crippen molar-refractivity contribution in [2.24, 2.45) is 5.92 Å². The largest absolute Gasteiger partial charge is 0.443 e. The molecule has 6 heteroatoms. The van der Waals surface area contributed by atoms with Crippen molar-refractivity contribution in [3.8, 4) is 0 Å². The summed E-state index contributed by atoms with van der Waals surface area (Å²) >= 11 is 0. The van der Waals surface area contributed by atoms with Crippen LogP contribution in [0.15, 0.2) is 35.0 Å². The number of carbonyl (C=O) groups is 1. The maximum Gasteiger partial charge on any atom is 0.231 e. The predicted molar refractivity (Wildman–Crippen MR) is 109 cm³/mol. The molecule has 1 N–H and O–H groups in total. The van der Waals surface area contributed by atoms with E-state index in [9.17, 15) is 4.79 Å². The molecule has 1 fully saturated rings. The van der Waals surface area contributed by atoms with Crippen LogP contribution in [0.1, 0.15) is 35.3 Å². The van der Waals surface area contributed by atoms with Crippen LogP contribution < -0.4 is 10.2 Å². The van der Waals surface area contributed by atoms with Gasteiger partial charge in [-0.15, -0.1) is 0 Å². The van der Waals surface area contributed by atoms with Gasteiger partial charge in [0.25, 0.3) is 0 Å². The van der Waals surface area contributed by atoms with Crippen molar-refractivity contribution in [2.45, 2.75) is 40.2 Å². The topological polar surface area (TPSA) is 71.3 Å². The van der Waals surface area contributed by atoms with Crippen LogP contribution in [0.2, 0.25) is 0 Å². The molecule has 0 bridgehead atoms. The summed E-state index contributed by atoms with van der Waals surface area (Å²) < 4.78 is 5.75. The van der Waals surface area contributed by atoms with Crippen molar-refractivity contribution in [2.75, 3.05) is 18.0 Å². The van der Waals surface area contributed by atoms with Crippen molar-refractivity contribution in [3.63, 3.8) is 0 Å². The lowest BCUT2D eigenvalue weighted by atomic mass is 9.96. The molecular weight excluding hydrogens is 352 g/mol. The number of aromatic nitrogens is 2. The number of anilines is 1. The zero-order chi connectivity index (χ0) is 19.7. The van der Waals surface area contributed by atoms with Crippen LogP contribution in [0.4, 0.5) is 5.82 Å². The highest BCUT2D eigenvalue weighted by molar-refractivity contribution is 5.90. The summed E-state index contributed by atoms with van der Waals surface area (Å²) in [4.78, 5) is 23.8. The van der Waals surface area contributed by atoms with E-state index in [0.29, 0.717) is 18.8 Å². The van der Waals surface area contributed by atoms with Crippen LogP contribution in [0, 0.1) is 26.7 Å². The normalized spacial score (nSPS) is 17.1. The minimum absolute atomic E-state index is 0.0453. The first-order chi connectivity index (χ1) is 13.5. The number of nitrogens with zero attached hydrogens (tertiary/aromatic N) is 3. The second-order valence-corrected chi connectivity index (χ2v) is 7.59. The van der Waals surface area contributed by atoms with Gasteiger partial charge in [-0.1, -0.05) is 24.3 Å². The minimum Gasteiger partial charge on any atom is -0.443 e. The Hall–Kier alpha value is -2.89. The van der Waals surface area contributed by atoms with Gasteiger partial charge >= 0.3 is 0 Å².